The third-order valence-corrected chi connectivity index (χ3v) is 14.0. The van der Waals surface area contributed by atoms with Crippen LogP contribution in [-0.4, -0.2) is 87.3 Å². The van der Waals surface area contributed by atoms with E-state index in [2.05, 4.69) is 19.9 Å². The molecule has 0 aromatic rings. The van der Waals surface area contributed by atoms with Gasteiger partial charge in [0.25, 0.3) is 11.7 Å². The number of likely N-dealkylation sites (tertiary alicyclic amines) is 1. The van der Waals surface area contributed by atoms with Crippen molar-refractivity contribution in [2.45, 2.75) is 183 Å². The Morgan fingerprint density at radius 3 is 2.26 bits per heavy atom. The lowest BCUT2D eigenvalue weighted by molar-refractivity contribution is -0.264. The molecule has 0 aromatic heterocycles. The van der Waals surface area contributed by atoms with Gasteiger partial charge in [0.2, 0.25) is 5.79 Å². The van der Waals surface area contributed by atoms with Crippen LogP contribution in [0.3, 0.4) is 0 Å². The molecule has 0 bridgehead atoms. The van der Waals surface area contributed by atoms with Gasteiger partial charge in [-0.25, -0.2) is 4.79 Å². The Hall–Kier alpha value is -3.54. The van der Waals surface area contributed by atoms with E-state index in [4.69, 9.17) is 9.47 Å². The maximum absolute atomic E-state index is 14.1. The second-order valence-electron chi connectivity index (χ2n) is 19.4. The topological polar surface area (TPSA) is 165 Å². The highest BCUT2D eigenvalue weighted by Crippen LogP contribution is 2.38. The fourth-order valence-corrected chi connectivity index (χ4v) is 9.47. The van der Waals surface area contributed by atoms with Gasteiger partial charge in [-0.15, -0.1) is 0 Å². The fraction of sp³-hybridized carbons (Fsp3) is 0.725. The number of ether oxygens (including phenoxy) is 2. The molecule has 2 aliphatic heterocycles. The van der Waals surface area contributed by atoms with E-state index in [9.17, 15) is 39.0 Å². The number of rotatable bonds is 22. The first kappa shape index (κ1) is 52.8. The minimum Gasteiger partial charge on any atom is -0.460 e. The van der Waals surface area contributed by atoms with Crippen LogP contribution in [0.25, 0.3) is 0 Å². The van der Waals surface area contributed by atoms with Crippen LogP contribution in [0.5, 0.6) is 0 Å². The predicted molar refractivity (Wildman–Crippen MR) is 241 cm³/mol. The van der Waals surface area contributed by atoms with E-state index in [1.807, 2.05) is 58.9 Å². The number of carbonyl (C=O) groups excluding carboxylic acids is 6. The highest BCUT2D eigenvalue weighted by molar-refractivity contribution is 6.39. The summed E-state index contributed by atoms with van der Waals surface area (Å²) in [7, 11) is 0. The van der Waals surface area contributed by atoms with Crippen LogP contribution in [0.15, 0.2) is 47.6 Å². The van der Waals surface area contributed by atoms with Crippen molar-refractivity contribution >= 4 is 35.5 Å². The van der Waals surface area contributed by atoms with Gasteiger partial charge in [-0.3, -0.25) is 24.0 Å². The summed E-state index contributed by atoms with van der Waals surface area (Å²) in [6.45, 7) is 19.2. The van der Waals surface area contributed by atoms with E-state index in [1.54, 1.807) is 26.8 Å². The van der Waals surface area contributed by atoms with E-state index < -0.39 is 53.5 Å². The second-order valence-corrected chi connectivity index (χ2v) is 19.4. The van der Waals surface area contributed by atoms with Crippen LogP contribution in [0, 0.1) is 47.3 Å². The van der Waals surface area contributed by atoms with Crippen molar-refractivity contribution in [3.8, 4) is 0 Å². The number of aldehydes is 1. The largest absolute Gasteiger partial charge is 0.460 e. The molecule has 3 rings (SSSR count). The SMILES string of the molecule is CCC(=O)[C@H](C)C[C@H](C)/C=C/C=C/C=C(\C)[C@@H](C)C[C@@H]1CC[C@@H](C)[C@](O)(C(=O)C(=O)N2CCCC[C@H]2C(=O)OC(CC(=O)[C@H](C)/C=C(\C)C=O)[C@H](C)C[C@@H]2CC[C@@H](O)[C@H](C)C2)O1. The van der Waals surface area contributed by atoms with Gasteiger partial charge in [-0.1, -0.05) is 97.4 Å². The molecular formula is C51H79NO10. The lowest BCUT2D eigenvalue weighted by atomic mass is 9.75. The van der Waals surface area contributed by atoms with Crippen LogP contribution < -0.4 is 0 Å². The molecule has 11 nitrogen and oxygen atoms in total. The fourth-order valence-electron chi connectivity index (χ4n) is 9.47. The first-order valence-corrected chi connectivity index (χ1v) is 23.6. The molecule has 348 valence electrons. The lowest BCUT2D eigenvalue weighted by Gasteiger charge is -2.42. The minimum atomic E-state index is -2.36. The van der Waals surface area contributed by atoms with Crippen LogP contribution in [-0.2, 0) is 38.2 Å². The van der Waals surface area contributed by atoms with E-state index in [1.165, 1.54) is 4.90 Å². The van der Waals surface area contributed by atoms with Gasteiger partial charge in [-0.05, 0) is 120 Å². The number of allylic oxidation sites excluding steroid dienone is 8. The van der Waals surface area contributed by atoms with Crippen LogP contribution in [0.1, 0.15) is 153 Å². The van der Waals surface area contributed by atoms with Crippen LogP contribution in [0.2, 0.25) is 0 Å². The predicted octanol–water partition coefficient (Wildman–Crippen LogP) is 8.64. The molecule has 0 radical (unpaired) electrons. The highest BCUT2D eigenvalue weighted by Gasteiger charge is 2.53. The molecule has 1 amide bonds. The van der Waals surface area contributed by atoms with E-state index in [0.29, 0.717) is 63.2 Å². The Labute approximate surface area is 372 Å². The number of aliphatic hydroxyl groups is 2. The van der Waals surface area contributed by atoms with Gasteiger partial charge < -0.3 is 24.6 Å². The van der Waals surface area contributed by atoms with Crippen molar-refractivity contribution in [1.29, 1.82) is 0 Å². The van der Waals surface area contributed by atoms with Crippen molar-refractivity contribution in [2.75, 3.05) is 6.54 Å². The van der Waals surface area contributed by atoms with Gasteiger partial charge in [0.15, 0.2) is 0 Å². The molecule has 0 aromatic carbocycles. The molecule has 3 aliphatic rings. The third-order valence-electron chi connectivity index (χ3n) is 14.0. The van der Waals surface area contributed by atoms with Gasteiger partial charge in [0.05, 0.1) is 12.2 Å². The number of aliphatic hydroxyl groups excluding tert-OH is 1. The molecule has 1 unspecified atom stereocenters. The van der Waals surface area contributed by atoms with Crippen molar-refractivity contribution < 1.29 is 48.5 Å². The Morgan fingerprint density at radius 1 is 0.887 bits per heavy atom. The summed E-state index contributed by atoms with van der Waals surface area (Å²) in [4.78, 5) is 80.3. The van der Waals surface area contributed by atoms with E-state index in [-0.39, 0.29) is 72.6 Å². The Morgan fingerprint density at radius 2 is 1.60 bits per heavy atom. The number of hydrogen-bond acceptors (Lipinski definition) is 10. The van der Waals surface area contributed by atoms with Crippen LogP contribution in [0.4, 0.5) is 0 Å². The first-order valence-electron chi connectivity index (χ1n) is 23.6. The van der Waals surface area contributed by atoms with E-state index in [0.717, 1.165) is 24.8 Å². The third kappa shape index (κ3) is 15.3. The lowest BCUT2D eigenvalue weighted by Crippen LogP contribution is -2.60. The number of nitrogens with zero attached hydrogens (tertiary/aromatic N) is 1. The van der Waals surface area contributed by atoms with Gasteiger partial charge >= 0.3 is 5.97 Å². The molecule has 62 heavy (non-hydrogen) atoms. The van der Waals surface area contributed by atoms with Gasteiger partial charge in [0, 0.05) is 37.1 Å². The zero-order chi connectivity index (χ0) is 46.3. The van der Waals surface area contributed by atoms with Gasteiger partial charge in [0.1, 0.15) is 30.0 Å². The van der Waals surface area contributed by atoms with Crippen molar-refractivity contribution in [2.24, 2.45) is 47.3 Å². The molecular weight excluding hydrogens is 787 g/mol. The first-order chi connectivity index (χ1) is 29.2. The molecule has 3 fully saturated rings. The quantitative estimate of drug-likeness (QED) is 0.0354. The average Bonchev–Trinajstić information content (AvgIpc) is 3.24. The summed E-state index contributed by atoms with van der Waals surface area (Å²) in [5.41, 5.74) is 1.52. The Bertz CT molecular complexity index is 1660. The van der Waals surface area contributed by atoms with Crippen molar-refractivity contribution in [3.05, 3.63) is 47.6 Å². The number of esters is 1. The summed E-state index contributed by atoms with van der Waals surface area (Å²) in [6, 6.07) is -1.07. The molecule has 2 heterocycles. The molecule has 1 aliphatic carbocycles. The minimum absolute atomic E-state index is 0.0432. The summed E-state index contributed by atoms with van der Waals surface area (Å²) < 4.78 is 12.4. The molecule has 0 spiro atoms. The highest BCUT2D eigenvalue weighted by atomic mass is 16.6. The number of amides is 1. The number of ketones is 3. The number of piperidine rings is 1. The maximum Gasteiger partial charge on any atom is 0.329 e. The maximum atomic E-state index is 14.1. The Balaban J connectivity index is 1.71. The number of hydrogen-bond donors (Lipinski definition) is 2. The van der Waals surface area contributed by atoms with E-state index >= 15 is 0 Å². The van der Waals surface area contributed by atoms with Crippen molar-refractivity contribution in [1.82, 2.24) is 4.90 Å². The van der Waals surface area contributed by atoms with Crippen LogP contribution >= 0.6 is 0 Å². The summed E-state index contributed by atoms with van der Waals surface area (Å²) in [6.07, 6.45) is 18.1. The standard InChI is InChI=1S/C51H79NO10/c1-11-44(54)36(6)25-32(2)17-13-12-14-18-34(4)35(5)29-42-22-20-40(10)51(60,62-42)48(57)49(58)52-24-16-15-19-43(52)50(59)61-47(30-46(56)37(7)26-33(3)31-53)39(9)28-41-21-23-45(55)38(8)27-41/h12-14,17-18,26,31-32,35-43,45,47,55,60H,11,15-16,19-25,27-30H2,1-10H3/b14-12+,17-13+,33-26+,34-18+/t32-,35+,36-,37-,38-,39-,40-,41-,42+,43+,45-,47?,51-/m1/s1. The van der Waals surface area contributed by atoms with Crippen molar-refractivity contribution in [3.63, 3.8) is 0 Å². The number of carbonyl (C=O) groups is 6. The molecule has 1 saturated carbocycles. The number of Topliss-reactive ketones (excluding diaryl/α,β-unsaturated/α-hetero) is 3. The molecule has 13 atom stereocenters. The molecule has 11 heteroatoms. The second kappa shape index (κ2) is 25.1. The normalized spacial score (nSPS) is 29.4. The molecule has 2 saturated heterocycles. The Kier molecular flexibility index (Phi) is 21.4. The summed E-state index contributed by atoms with van der Waals surface area (Å²) in [5, 5.41) is 22.2. The summed E-state index contributed by atoms with van der Waals surface area (Å²) >= 11 is 0. The molecule has 2 N–H and O–H groups in total. The zero-order valence-corrected chi connectivity index (χ0v) is 39.5. The van der Waals surface area contributed by atoms with Gasteiger partial charge in [-0.2, -0.15) is 0 Å². The summed E-state index contributed by atoms with van der Waals surface area (Å²) in [5.74, 6) is -5.68. The monoisotopic (exact) mass is 866 g/mol. The zero-order valence-electron chi connectivity index (χ0n) is 39.5. The smallest absolute Gasteiger partial charge is 0.329 e. The average molecular weight is 866 g/mol.